The summed E-state index contributed by atoms with van der Waals surface area (Å²) >= 11 is 0. The molecule has 0 amide bonds. The van der Waals surface area contributed by atoms with E-state index in [0.717, 1.165) is 17.9 Å². The van der Waals surface area contributed by atoms with Crippen molar-refractivity contribution < 1.29 is 0 Å². The van der Waals surface area contributed by atoms with Crippen molar-refractivity contribution in [2.75, 3.05) is 7.05 Å². The Bertz CT molecular complexity index is 153. The van der Waals surface area contributed by atoms with E-state index in [2.05, 4.69) is 31.9 Å². The third-order valence-corrected chi connectivity index (χ3v) is 3.54. The molecule has 0 bridgehead atoms. The predicted molar refractivity (Wildman–Crippen MR) is 58.8 cm³/mol. The summed E-state index contributed by atoms with van der Waals surface area (Å²) < 4.78 is 0. The van der Waals surface area contributed by atoms with Gasteiger partial charge < -0.3 is 5.32 Å². The van der Waals surface area contributed by atoms with E-state index < -0.39 is 0 Å². The lowest BCUT2D eigenvalue weighted by Gasteiger charge is -2.35. The quantitative estimate of drug-likeness (QED) is 0.657. The minimum Gasteiger partial charge on any atom is -0.317 e. The predicted octanol–water partition coefficient (Wildman–Crippen LogP) is 2.98. The molecule has 1 saturated carbocycles. The molecule has 1 heteroatoms. The number of hydrogen-bond acceptors (Lipinski definition) is 1. The normalized spacial score (nSPS) is 34.5. The molecular weight excluding hydrogens is 158 g/mol. The van der Waals surface area contributed by atoms with Crippen LogP contribution in [-0.2, 0) is 0 Å². The molecule has 3 unspecified atom stereocenters. The molecule has 0 aromatic heterocycles. The molecule has 0 spiro atoms. The van der Waals surface area contributed by atoms with Crippen LogP contribution in [-0.4, -0.2) is 13.1 Å². The lowest BCUT2D eigenvalue weighted by Crippen LogP contribution is -2.35. The Hall–Kier alpha value is -0.300. The van der Waals surface area contributed by atoms with Crippen molar-refractivity contribution in [3.8, 4) is 0 Å². The summed E-state index contributed by atoms with van der Waals surface area (Å²) in [5.41, 5.74) is 0. The second kappa shape index (κ2) is 5.43. The van der Waals surface area contributed by atoms with Crippen LogP contribution in [0.15, 0.2) is 12.7 Å². The zero-order chi connectivity index (χ0) is 9.68. The van der Waals surface area contributed by atoms with Gasteiger partial charge in [0.15, 0.2) is 0 Å². The maximum Gasteiger partial charge on any atom is 0.00670 e. The third-order valence-electron chi connectivity index (χ3n) is 3.54. The van der Waals surface area contributed by atoms with Crippen molar-refractivity contribution in [1.29, 1.82) is 0 Å². The molecule has 1 rings (SSSR count). The monoisotopic (exact) mass is 181 g/mol. The van der Waals surface area contributed by atoms with Gasteiger partial charge in [-0.3, -0.25) is 0 Å². The van der Waals surface area contributed by atoms with Gasteiger partial charge in [0.05, 0.1) is 0 Å². The van der Waals surface area contributed by atoms with Gasteiger partial charge in [0.1, 0.15) is 0 Å². The Morgan fingerprint density at radius 1 is 1.38 bits per heavy atom. The second-order valence-electron chi connectivity index (χ2n) is 4.25. The summed E-state index contributed by atoms with van der Waals surface area (Å²) in [5.74, 6) is 1.83. The molecule has 0 saturated heterocycles. The van der Waals surface area contributed by atoms with E-state index in [-0.39, 0.29) is 0 Å². The van der Waals surface area contributed by atoms with Gasteiger partial charge in [-0.05, 0) is 44.6 Å². The maximum atomic E-state index is 3.85. The van der Waals surface area contributed by atoms with Gasteiger partial charge in [0.25, 0.3) is 0 Å². The van der Waals surface area contributed by atoms with Gasteiger partial charge in [-0.25, -0.2) is 0 Å². The third kappa shape index (κ3) is 2.84. The van der Waals surface area contributed by atoms with E-state index in [1.165, 1.54) is 32.1 Å². The van der Waals surface area contributed by atoms with Crippen LogP contribution >= 0.6 is 0 Å². The summed E-state index contributed by atoms with van der Waals surface area (Å²) in [6.07, 6.45) is 8.75. The average molecular weight is 181 g/mol. The standard InChI is InChI=1S/C12H23N/c1-4-6-11-9-12(13-3)8-7-10(11)5-2/h4,10-13H,1,5-9H2,2-3H3. The first-order chi connectivity index (χ1) is 6.31. The molecule has 1 aliphatic rings. The minimum atomic E-state index is 0.757. The molecule has 1 fully saturated rings. The molecule has 0 radical (unpaired) electrons. The van der Waals surface area contributed by atoms with Crippen LogP contribution in [0, 0.1) is 11.8 Å². The molecule has 3 atom stereocenters. The van der Waals surface area contributed by atoms with E-state index in [9.17, 15) is 0 Å². The van der Waals surface area contributed by atoms with Crippen LogP contribution in [0.2, 0.25) is 0 Å². The fourth-order valence-corrected chi connectivity index (χ4v) is 2.63. The molecule has 13 heavy (non-hydrogen) atoms. The van der Waals surface area contributed by atoms with Gasteiger partial charge >= 0.3 is 0 Å². The minimum absolute atomic E-state index is 0.757. The van der Waals surface area contributed by atoms with E-state index in [1.807, 2.05) is 0 Å². The average Bonchev–Trinajstić information content (AvgIpc) is 2.18. The molecule has 1 nitrogen and oxygen atoms in total. The summed E-state index contributed by atoms with van der Waals surface area (Å²) in [4.78, 5) is 0. The number of rotatable bonds is 4. The van der Waals surface area contributed by atoms with Gasteiger partial charge in [-0.15, -0.1) is 6.58 Å². The van der Waals surface area contributed by atoms with Crippen LogP contribution in [0.1, 0.15) is 39.0 Å². The topological polar surface area (TPSA) is 12.0 Å². The zero-order valence-electron chi connectivity index (χ0n) is 9.05. The van der Waals surface area contributed by atoms with E-state index in [0.29, 0.717) is 0 Å². The van der Waals surface area contributed by atoms with Crippen molar-refractivity contribution in [3.05, 3.63) is 12.7 Å². The second-order valence-corrected chi connectivity index (χ2v) is 4.25. The van der Waals surface area contributed by atoms with Crippen LogP contribution < -0.4 is 5.32 Å². The molecule has 1 aliphatic carbocycles. The SMILES string of the molecule is C=CCC1CC(NC)CCC1CC. The Balaban J connectivity index is 2.46. The smallest absolute Gasteiger partial charge is 0.00670 e. The van der Waals surface area contributed by atoms with Crippen LogP contribution in [0.25, 0.3) is 0 Å². The molecule has 0 aliphatic heterocycles. The first-order valence-corrected chi connectivity index (χ1v) is 5.60. The molecule has 0 heterocycles. The summed E-state index contributed by atoms with van der Waals surface area (Å²) in [5, 5.41) is 3.40. The number of hydrogen-bond donors (Lipinski definition) is 1. The van der Waals surface area contributed by atoms with E-state index in [4.69, 9.17) is 0 Å². The summed E-state index contributed by atoms with van der Waals surface area (Å²) in [6.45, 7) is 6.17. The van der Waals surface area contributed by atoms with Gasteiger partial charge in [0, 0.05) is 6.04 Å². The number of allylic oxidation sites excluding steroid dienone is 1. The molecule has 0 aromatic carbocycles. The summed E-state index contributed by atoms with van der Waals surface area (Å²) in [7, 11) is 2.09. The van der Waals surface area contributed by atoms with Gasteiger partial charge in [0.2, 0.25) is 0 Å². The van der Waals surface area contributed by atoms with E-state index >= 15 is 0 Å². The highest BCUT2D eigenvalue weighted by Crippen LogP contribution is 2.34. The molecule has 1 N–H and O–H groups in total. The fourth-order valence-electron chi connectivity index (χ4n) is 2.63. The van der Waals surface area contributed by atoms with Crippen LogP contribution in [0.3, 0.4) is 0 Å². The van der Waals surface area contributed by atoms with Gasteiger partial charge in [-0.2, -0.15) is 0 Å². The lowest BCUT2D eigenvalue weighted by atomic mass is 9.74. The highest BCUT2D eigenvalue weighted by molar-refractivity contribution is 4.86. The first kappa shape index (κ1) is 10.8. The Labute approximate surface area is 82.6 Å². The van der Waals surface area contributed by atoms with Crippen molar-refractivity contribution in [2.45, 2.75) is 45.1 Å². The van der Waals surface area contributed by atoms with Gasteiger partial charge in [-0.1, -0.05) is 19.4 Å². The maximum absolute atomic E-state index is 3.85. The molecular formula is C12H23N. The van der Waals surface area contributed by atoms with Crippen molar-refractivity contribution in [3.63, 3.8) is 0 Å². The van der Waals surface area contributed by atoms with Crippen molar-refractivity contribution in [1.82, 2.24) is 5.32 Å². The van der Waals surface area contributed by atoms with Crippen LogP contribution in [0.4, 0.5) is 0 Å². The zero-order valence-corrected chi connectivity index (χ0v) is 9.05. The highest BCUT2D eigenvalue weighted by atomic mass is 14.9. The van der Waals surface area contributed by atoms with E-state index in [1.54, 1.807) is 0 Å². The molecule has 76 valence electrons. The summed E-state index contributed by atoms with van der Waals surface area (Å²) in [6, 6.07) is 0.757. The largest absolute Gasteiger partial charge is 0.317 e. The van der Waals surface area contributed by atoms with Crippen LogP contribution in [0.5, 0.6) is 0 Å². The van der Waals surface area contributed by atoms with Crippen molar-refractivity contribution in [2.24, 2.45) is 11.8 Å². The first-order valence-electron chi connectivity index (χ1n) is 5.60. The highest BCUT2D eigenvalue weighted by Gasteiger charge is 2.27. The number of nitrogens with one attached hydrogen (secondary N) is 1. The Morgan fingerprint density at radius 3 is 2.69 bits per heavy atom. The lowest BCUT2D eigenvalue weighted by molar-refractivity contribution is 0.197. The molecule has 0 aromatic rings. The Morgan fingerprint density at radius 2 is 2.15 bits per heavy atom. The fraction of sp³-hybridized carbons (Fsp3) is 0.833. The Kier molecular flexibility index (Phi) is 4.51. The van der Waals surface area contributed by atoms with Crippen molar-refractivity contribution >= 4 is 0 Å².